The molecule has 16 heavy (non-hydrogen) atoms. The highest BCUT2D eigenvalue weighted by Gasteiger charge is 2.25. The van der Waals surface area contributed by atoms with Crippen molar-refractivity contribution in [3.05, 3.63) is 0 Å². The normalized spacial score (nSPS) is 9.81. The lowest BCUT2D eigenvalue weighted by atomic mass is 10.7. The molecule has 0 aliphatic heterocycles. The van der Waals surface area contributed by atoms with Crippen molar-refractivity contribution in [2.75, 3.05) is 19.8 Å². The molecule has 0 heterocycles. The monoisotopic (exact) mass is 264 g/mol. The Kier molecular flexibility index (Phi) is 17.9. The third kappa shape index (κ3) is 29.2. The van der Waals surface area contributed by atoms with E-state index < -0.39 is 12.7 Å². The summed E-state index contributed by atoms with van der Waals surface area (Å²) in [7, 11) is 0. The minimum atomic E-state index is -4.23. The highest BCUT2D eigenvalue weighted by atomic mass is 35.5. The minimum Gasteiger partial charge on any atom is -0.484 e. The van der Waals surface area contributed by atoms with E-state index in [1.165, 1.54) is 0 Å². The predicted octanol–water partition coefficient (Wildman–Crippen LogP) is 2.67. The average Bonchev–Trinajstić information content (AvgIpc) is 2.13. The van der Waals surface area contributed by atoms with Crippen LogP contribution in [0.5, 0.6) is 0 Å². The molecular weight excluding hydrogens is 249 g/mol. The summed E-state index contributed by atoms with van der Waals surface area (Å²) in [5.41, 5.74) is 0. The van der Waals surface area contributed by atoms with Crippen molar-refractivity contribution < 1.29 is 22.6 Å². The van der Waals surface area contributed by atoms with Crippen LogP contribution < -0.4 is 0 Å². The summed E-state index contributed by atoms with van der Waals surface area (Å²) in [6, 6.07) is 0. The van der Waals surface area contributed by atoms with E-state index in [9.17, 15) is 13.2 Å². The fourth-order valence-electron chi connectivity index (χ4n) is 0.351. The van der Waals surface area contributed by atoms with Crippen molar-refractivity contribution in [1.82, 2.24) is 0 Å². The van der Waals surface area contributed by atoms with Gasteiger partial charge in [-0.05, 0) is 13.8 Å². The number of halogens is 4. The first-order chi connectivity index (χ1) is 6.97. The topological polar surface area (TPSA) is 54.7 Å². The number of nitrogens with zero attached hydrogens (tertiary/aromatic N) is 1. The Labute approximate surface area is 98.8 Å². The quantitative estimate of drug-likeness (QED) is 0.613. The van der Waals surface area contributed by atoms with Gasteiger partial charge in [-0.25, -0.2) is 4.99 Å². The van der Waals surface area contributed by atoms with Crippen LogP contribution in [0.25, 0.3) is 0 Å². The smallest absolute Gasteiger partial charge is 0.408 e. The van der Waals surface area contributed by atoms with Crippen molar-refractivity contribution in [1.29, 1.82) is 5.41 Å². The van der Waals surface area contributed by atoms with Gasteiger partial charge in [-0.1, -0.05) is 0 Å². The lowest BCUT2D eigenvalue weighted by Crippen LogP contribution is -2.12. The molecule has 0 saturated carbocycles. The van der Waals surface area contributed by atoms with Gasteiger partial charge >= 0.3 is 6.18 Å². The van der Waals surface area contributed by atoms with Gasteiger partial charge in [0.05, 0.1) is 13.2 Å². The van der Waals surface area contributed by atoms with E-state index in [1.54, 1.807) is 6.92 Å². The molecule has 0 aromatic rings. The van der Waals surface area contributed by atoms with Crippen molar-refractivity contribution in [2.45, 2.75) is 20.0 Å². The van der Waals surface area contributed by atoms with Crippen LogP contribution in [0.2, 0.25) is 0 Å². The highest BCUT2D eigenvalue weighted by Crippen LogP contribution is 2.13. The molecule has 0 aromatic carbocycles. The van der Waals surface area contributed by atoms with E-state index in [2.05, 4.69) is 14.5 Å². The number of rotatable bonds is 5. The molecule has 0 unspecified atom stereocenters. The van der Waals surface area contributed by atoms with Crippen molar-refractivity contribution >= 4 is 25.2 Å². The van der Waals surface area contributed by atoms with Crippen molar-refractivity contribution in [3.63, 3.8) is 0 Å². The van der Waals surface area contributed by atoms with Crippen molar-refractivity contribution in [3.8, 4) is 0 Å². The summed E-state index contributed by atoms with van der Waals surface area (Å²) in [5.74, 6) is 0. The predicted molar refractivity (Wildman–Crippen MR) is 58.7 cm³/mol. The molecule has 0 amide bonds. The van der Waals surface area contributed by atoms with E-state index in [0.29, 0.717) is 13.2 Å². The third-order valence-electron chi connectivity index (χ3n) is 0.836. The Morgan fingerprint density at radius 2 is 1.69 bits per heavy atom. The van der Waals surface area contributed by atoms with Gasteiger partial charge < -0.3 is 9.47 Å². The summed E-state index contributed by atoms with van der Waals surface area (Å²) in [6.07, 6.45) is -2.49. The van der Waals surface area contributed by atoms with E-state index in [0.717, 1.165) is 12.8 Å². The van der Waals surface area contributed by atoms with Crippen LogP contribution in [0.15, 0.2) is 4.99 Å². The Morgan fingerprint density at radius 1 is 1.19 bits per heavy atom. The molecule has 1 N–H and O–H groups in total. The molecule has 4 nitrogen and oxygen atoms in total. The number of nitrogens with one attached hydrogen (secondary N) is 1. The second kappa shape index (κ2) is 14.0. The molecule has 0 bridgehead atoms. The van der Waals surface area contributed by atoms with Gasteiger partial charge in [0.25, 0.3) is 0 Å². The lowest BCUT2D eigenvalue weighted by molar-refractivity contribution is -0.118. The number of hydrogen-bond donors (Lipinski definition) is 1. The molecule has 0 radical (unpaired) electrons. The molecule has 0 rings (SSSR count). The molecule has 98 valence electrons. The van der Waals surface area contributed by atoms with Crippen LogP contribution in [-0.2, 0) is 9.47 Å². The Morgan fingerprint density at radius 3 is 1.94 bits per heavy atom. The average molecular weight is 265 g/mol. The summed E-state index contributed by atoms with van der Waals surface area (Å²) in [4.78, 5) is 2.96. The zero-order chi connectivity index (χ0) is 12.2. The molecule has 8 heteroatoms. The summed E-state index contributed by atoms with van der Waals surface area (Å²) in [6.45, 7) is 3.27. The maximum absolute atomic E-state index is 11.3. The van der Waals surface area contributed by atoms with E-state index >= 15 is 0 Å². The highest BCUT2D eigenvalue weighted by molar-refractivity contribution is 5.85. The van der Waals surface area contributed by atoms with E-state index in [4.69, 9.17) is 5.41 Å². The molecule has 0 aromatic heterocycles. The fourth-order valence-corrected chi connectivity index (χ4v) is 0.351. The molecule has 0 atom stereocenters. The first-order valence-corrected chi connectivity index (χ1v) is 4.25. The number of ether oxygens (including phenoxy) is 2. The van der Waals surface area contributed by atoms with Gasteiger partial charge in [0.1, 0.15) is 6.54 Å². The molecule has 0 saturated heterocycles. The van der Waals surface area contributed by atoms with Crippen LogP contribution >= 0.6 is 12.4 Å². The van der Waals surface area contributed by atoms with Crippen molar-refractivity contribution in [2.24, 2.45) is 4.99 Å². The molecule has 0 fully saturated rings. The van der Waals surface area contributed by atoms with Crippen LogP contribution in [0, 0.1) is 5.41 Å². The number of aliphatic imine (C=N–C) groups is 1. The van der Waals surface area contributed by atoms with Crippen LogP contribution in [0.3, 0.4) is 0 Å². The van der Waals surface area contributed by atoms with Gasteiger partial charge in [-0.2, -0.15) is 13.2 Å². The van der Waals surface area contributed by atoms with Crippen LogP contribution in [0.1, 0.15) is 13.8 Å². The second-order valence-corrected chi connectivity index (χ2v) is 2.09. The van der Waals surface area contributed by atoms with Gasteiger partial charge in [-0.15, -0.1) is 12.4 Å². The van der Waals surface area contributed by atoms with Crippen LogP contribution in [0.4, 0.5) is 13.2 Å². The Bertz CT molecular complexity index is 177. The maximum Gasteiger partial charge on any atom is 0.408 e. The molecule has 0 aliphatic rings. The summed E-state index contributed by atoms with van der Waals surface area (Å²) in [5, 5.41) is 6.26. The van der Waals surface area contributed by atoms with E-state index in [-0.39, 0.29) is 12.4 Å². The lowest BCUT2D eigenvalue weighted by Gasteiger charge is -1.99. The largest absolute Gasteiger partial charge is 0.484 e. The van der Waals surface area contributed by atoms with Gasteiger partial charge in [0.2, 0.25) is 0 Å². The van der Waals surface area contributed by atoms with Gasteiger partial charge in [-0.3, -0.25) is 5.41 Å². The third-order valence-corrected chi connectivity index (χ3v) is 0.836. The zero-order valence-electron chi connectivity index (χ0n) is 9.08. The molecule has 0 aliphatic carbocycles. The van der Waals surface area contributed by atoms with Gasteiger partial charge in [0, 0.05) is 0 Å². The van der Waals surface area contributed by atoms with Crippen LogP contribution in [-0.4, -0.2) is 38.7 Å². The standard InChI is InChI=1S/C5H8F3NO.C3H7NO.ClH/c1-2-10-4-9-3-5(6,7)8;1-2-5-3-4;/h4H,2-3H2,1H3;3-4H,2H2,1H3;1H. The zero-order valence-corrected chi connectivity index (χ0v) is 9.90. The minimum absolute atomic E-state index is 0. The SMILES string of the molecule is CCOC=N.CCOC=NCC(F)(F)F.Cl. The Hall–Kier alpha value is -0.980. The first-order valence-electron chi connectivity index (χ1n) is 4.25. The molecular formula is C8H16ClF3N2O2. The molecule has 0 spiro atoms. The number of alkyl halides is 3. The summed E-state index contributed by atoms with van der Waals surface area (Å²) >= 11 is 0. The maximum atomic E-state index is 11.3. The second-order valence-electron chi connectivity index (χ2n) is 2.09. The number of hydrogen-bond acceptors (Lipinski definition) is 4. The summed E-state index contributed by atoms with van der Waals surface area (Å²) < 4.78 is 42.8. The van der Waals surface area contributed by atoms with E-state index in [1.807, 2.05) is 6.92 Å². The fraction of sp³-hybridized carbons (Fsp3) is 0.750. The first kappa shape index (κ1) is 20.4. The Balaban J connectivity index is -0.000000242. The van der Waals surface area contributed by atoms with Gasteiger partial charge in [0.15, 0.2) is 12.8 Å².